The third-order valence-electron chi connectivity index (χ3n) is 4.82. The Morgan fingerprint density at radius 2 is 2.04 bits per heavy atom. The minimum atomic E-state index is 0.0572. The van der Waals surface area contributed by atoms with Crippen LogP contribution in [0.5, 0.6) is 0 Å². The predicted octanol–water partition coefficient (Wildman–Crippen LogP) is 3.03. The van der Waals surface area contributed by atoms with Crippen LogP contribution in [0.1, 0.15) is 34.8 Å². The average molecular weight is 395 g/mol. The van der Waals surface area contributed by atoms with Gasteiger partial charge in [0.2, 0.25) is 5.91 Å². The normalized spacial score (nSPS) is 11.4. The number of hydrogen-bond donors (Lipinski definition) is 1. The summed E-state index contributed by atoms with van der Waals surface area (Å²) in [5.74, 6) is 0.653. The molecule has 1 aromatic carbocycles. The molecule has 1 amide bonds. The molecule has 3 heterocycles. The molecule has 0 aliphatic heterocycles. The summed E-state index contributed by atoms with van der Waals surface area (Å²) >= 11 is 1.72. The molecule has 0 aliphatic carbocycles. The van der Waals surface area contributed by atoms with Crippen molar-refractivity contribution in [3.8, 4) is 0 Å². The maximum absolute atomic E-state index is 12.2. The molecule has 0 bridgehead atoms. The van der Waals surface area contributed by atoms with Gasteiger partial charge in [-0.3, -0.25) is 4.79 Å². The molecule has 0 spiro atoms. The molecule has 28 heavy (non-hydrogen) atoms. The molecular weight excluding hydrogens is 372 g/mol. The van der Waals surface area contributed by atoms with Crippen LogP contribution in [0.25, 0.3) is 16.0 Å². The lowest BCUT2D eigenvalue weighted by molar-refractivity contribution is -0.121. The van der Waals surface area contributed by atoms with Gasteiger partial charge < -0.3 is 5.32 Å². The Labute approximate surface area is 166 Å². The van der Waals surface area contributed by atoms with Crippen molar-refractivity contribution >= 4 is 33.2 Å². The molecule has 0 unspecified atom stereocenters. The number of carbonyl (C=O) groups is 1. The number of nitrogens with zero attached hydrogens (tertiary/aromatic N) is 5. The molecule has 4 rings (SSSR count). The first-order chi connectivity index (χ1) is 13.6. The lowest BCUT2D eigenvalue weighted by Crippen LogP contribution is -2.25. The number of fused-ring (bicyclic) bond motifs is 2. The van der Waals surface area contributed by atoms with Crippen LogP contribution in [0.15, 0.2) is 30.6 Å². The maximum Gasteiger partial charge on any atom is 0.252 e. The van der Waals surface area contributed by atoms with Crippen LogP contribution in [0, 0.1) is 13.8 Å². The molecule has 0 fully saturated rings. The summed E-state index contributed by atoms with van der Waals surface area (Å²) in [5.41, 5.74) is 4.00. The van der Waals surface area contributed by atoms with Gasteiger partial charge in [0.25, 0.3) is 5.78 Å². The summed E-state index contributed by atoms with van der Waals surface area (Å²) in [7, 11) is 0. The summed E-state index contributed by atoms with van der Waals surface area (Å²) in [6.07, 6.45) is 4.34. The fraction of sp³-hybridized carbons (Fsp3) is 0.350. The van der Waals surface area contributed by atoms with Crippen LogP contribution < -0.4 is 5.32 Å². The van der Waals surface area contributed by atoms with Crippen LogP contribution in [-0.4, -0.2) is 37.0 Å². The molecule has 1 N–H and O–H groups in total. The van der Waals surface area contributed by atoms with E-state index in [1.807, 2.05) is 32.0 Å². The predicted molar refractivity (Wildman–Crippen MR) is 110 cm³/mol. The van der Waals surface area contributed by atoms with E-state index < -0.39 is 0 Å². The smallest absolute Gasteiger partial charge is 0.252 e. The first kappa shape index (κ1) is 18.5. The number of hydrogen-bond acceptors (Lipinski definition) is 6. The Hall–Kier alpha value is -2.87. The Morgan fingerprint density at radius 3 is 2.89 bits per heavy atom. The highest BCUT2D eigenvalue weighted by molar-refractivity contribution is 7.18. The van der Waals surface area contributed by atoms with Crippen molar-refractivity contribution in [1.82, 2.24) is 29.9 Å². The van der Waals surface area contributed by atoms with Gasteiger partial charge >= 0.3 is 0 Å². The highest BCUT2D eigenvalue weighted by Gasteiger charge is 2.12. The molecule has 0 saturated carbocycles. The third kappa shape index (κ3) is 3.87. The molecule has 7 nitrogen and oxygen atoms in total. The van der Waals surface area contributed by atoms with Crippen LogP contribution >= 0.6 is 11.3 Å². The number of nitrogens with one attached hydrogen (secondary N) is 1. The van der Waals surface area contributed by atoms with Gasteiger partial charge in [0.15, 0.2) is 0 Å². The first-order valence-corrected chi connectivity index (χ1v) is 10.2. The van der Waals surface area contributed by atoms with E-state index in [0.29, 0.717) is 25.2 Å². The zero-order valence-electron chi connectivity index (χ0n) is 16.0. The minimum Gasteiger partial charge on any atom is -0.356 e. The van der Waals surface area contributed by atoms with Gasteiger partial charge in [-0.1, -0.05) is 12.1 Å². The molecule has 0 saturated heterocycles. The summed E-state index contributed by atoms with van der Waals surface area (Å²) in [6.45, 7) is 4.60. The molecule has 3 aromatic heterocycles. The number of para-hydroxylation sites is 1. The number of benzene rings is 1. The Morgan fingerprint density at radius 1 is 1.18 bits per heavy atom. The number of aromatic nitrogens is 5. The van der Waals surface area contributed by atoms with Crippen molar-refractivity contribution in [2.45, 2.75) is 39.5 Å². The number of thiazole rings is 1. The van der Waals surface area contributed by atoms with Crippen molar-refractivity contribution in [2.24, 2.45) is 0 Å². The minimum absolute atomic E-state index is 0.0572. The third-order valence-corrected chi connectivity index (χ3v) is 5.91. The molecule has 8 heteroatoms. The van der Waals surface area contributed by atoms with Crippen LogP contribution in [-0.2, 0) is 17.6 Å². The average Bonchev–Trinajstić information content (AvgIpc) is 3.31. The Balaban J connectivity index is 1.26. The van der Waals surface area contributed by atoms with E-state index in [1.165, 1.54) is 11.0 Å². The molecule has 4 aromatic rings. The number of amides is 1. The first-order valence-electron chi connectivity index (χ1n) is 9.39. The largest absolute Gasteiger partial charge is 0.356 e. The highest BCUT2D eigenvalue weighted by Crippen LogP contribution is 2.22. The molecule has 144 valence electrons. The monoisotopic (exact) mass is 394 g/mol. The molecule has 0 aliphatic rings. The van der Waals surface area contributed by atoms with Gasteiger partial charge in [0.05, 0.1) is 15.2 Å². The highest BCUT2D eigenvalue weighted by atomic mass is 32.1. The van der Waals surface area contributed by atoms with Crippen LogP contribution in [0.2, 0.25) is 0 Å². The molecular formula is C20H22N6OS. The van der Waals surface area contributed by atoms with Gasteiger partial charge in [-0.05, 0) is 44.4 Å². The fourth-order valence-electron chi connectivity index (χ4n) is 3.34. The summed E-state index contributed by atoms with van der Waals surface area (Å²) in [4.78, 5) is 25.4. The Bertz CT molecular complexity index is 1100. The topological polar surface area (TPSA) is 85.1 Å². The standard InChI is InChI=1S/C20H22N6OS/c1-13-15(14(2)26-20(24-13)22-12-23-26)9-10-18(27)21-11-5-8-19-25-16-6-3-4-7-17(16)28-19/h3-4,6-7,12H,5,8-11H2,1-2H3,(H,21,27). The summed E-state index contributed by atoms with van der Waals surface area (Å²) in [5, 5.41) is 8.32. The number of rotatable bonds is 7. The summed E-state index contributed by atoms with van der Waals surface area (Å²) in [6, 6.07) is 8.16. The van der Waals surface area contributed by atoms with Crippen molar-refractivity contribution in [2.75, 3.05) is 6.54 Å². The van der Waals surface area contributed by atoms with E-state index >= 15 is 0 Å². The van der Waals surface area contributed by atoms with Crippen molar-refractivity contribution in [1.29, 1.82) is 0 Å². The van der Waals surface area contributed by atoms with Gasteiger partial charge in [-0.25, -0.2) is 14.5 Å². The number of aryl methyl sites for hydroxylation is 3. The van der Waals surface area contributed by atoms with Crippen molar-refractivity contribution < 1.29 is 4.79 Å². The SMILES string of the molecule is Cc1nc2ncnn2c(C)c1CCC(=O)NCCCc1nc2ccccc2s1. The van der Waals surface area contributed by atoms with Crippen LogP contribution in [0.4, 0.5) is 0 Å². The van der Waals surface area contributed by atoms with E-state index in [9.17, 15) is 4.79 Å². The van der Waals surface area contributed by atoms with Gasteiger partial charge in [0.1, 0.15) is 6.33 Å². The second-order valence-electron chi connectivity index (χ2n) is 6.76. The molecule has 0 radical (unpaired) electrons. The van der Waals surface area contributed by atoms with Gasteiger partial charge in [-0.15, -0.1) is 11.3 Å². The van der Waals surface area contributed by atoms with Gasteiger partial charge in [0, 0.05) is 30.8 Å². The van der Waals surface area contributed by atoms with E-state index in [-0.39, 0.29) is 5.91 Å². The van der Waals surface area contributed by atoms with E-state index in [2.05, 4.69) is 31.4 Å². The molecule has 0 atom stereocenters. The fourth-order valence-corrected chi connectivity index (χ4v) is 4.35. The quantitative estimate of drug-likeness (QED) is 0.487. The zero-order valence-corrected chi connectivity index (χ0v) is 16.8. The van der Waals surface area contributed by atoms with E-state index in [0.717, 1.165) is 40.3 Å². The zero-order chi connectivity index (χ0) is 19.5. The lowest BCUT2D eigenvalue weighted by Gasteiger charge is -2.10. The second kappa shape index (κ2) is 8.02. The maximum atomic E-state index is 12.2. The Kier molecular flexibility index (Phi) is 5.29. The van der Waals surface area contributed by atoms with E-state index in [4.69, 9.17) is 0 Å². The summed E-state index contributed by atoms with van der Waals surface area (Å²) < 4.78 is 2.93. The number of carbonyl (C=O) groups excluding carboxylic acids is 1. The van der Waals surface area contributed by atoms with Crippen molar-refractivity contribution in [3.05, 3.63) is 52.6 Å². The second-order valence-corrected chi connectivity index (χ2v) is 7.88. The van der Waals surface area contributed by atoms with E-state index in [1.54, 1.807) is 15.9 Å². The lowest BCUT2D eigenvalue weighted by atomic mass is 10.1. The van der Waals surface area contributed by atoms with Crippen LogP contribution in [0.3, 0.4) is 0 Å². The van der Waals surface area contributed by atoms with Crippen molar-refractivity contribution in [3.63, 3.8) is 0 Å². The van der Waals surface area contributed by atoms with Gasteiger partial charge in [-0.2, -0.15) is 10.1 Å².